The van der Waals surface area contributed by atoms with Gasteiger partial charge in [0.1, 0.15) is 0 Å². The topological polar surface area (TPSA) is 26.3 Å². The van der Waals surface area contributed by atoms with Gasteiger partial charge in [-0.05, 0) is 20.8 Å². The van der Waals surface area contributed by atoms with E-state index in [2.05, 4.69) is 31.2 Å². The van der Waals surface area contributed by atoms with Crippen molar-refractivity contribution in [3.63, 3.8) is 0 Å². The fourth-order valence-electron chi connectivity index (χ4n) is 0.0833. The molecule has 2 heteroatoms. The van der Waals surface area contributed by atoms with Gasteiger partial charge in [-0.15, -0.1) is 0 Å². The first kappa shape index (κ1) is 12.6. The molecule has 0 atom stereocenters. The van der Waals surface area contributed by atoms with Gasteiger partial charge in [-0.2, -0.15) is 0 Å². The van der Waals surface area contributed by atoms with Gasteiger partial charge in [0.25, 0.3) is 0 Å². The van der Waals surface area contributed by atoms with Crippen molar-refractivity contribution in [3.05, 3.63) is 24.3 Å². The second kappa shape index (κ2) is 8.95. The van der Waals surface area contributed by atoms with Gasteiger partial charge in [-0.25, -0.2) is 4.79 Å². The summed E-state index contributed by atoms with van der Waals surface area (Å²) < 4.78 is 4.14. The number of hydrogen-bond acceptors (Lipinski definition) is 2. The minimum Gasteiger partial charge on any atom is -0.466 e. The number of methoxy groups -OCH3 is 1. The highest BCUT2D eigenvalue weighted by Gasteiger charge is 1.81. The molecule has 0 saturated heterocycles. The number of hydrogen-bond donors (Lipinski definition) is 0. The van der Waals surface area contributed by atoms with Crippen LogP contribution in [0, 0.1) is 0 Å². The van der Waals surface area contributed by atoms with E-state index in [9.17, 15) is 4.79 Å². The second-order valence-corrected chi connectivity index (χ2v) is 2.09. The summed E-state index contributed by atoms with van der Waals surface area (Å²) in [4.78, 5) is 9.84. The first-order valence-electron chi connectivity index (χ1n) is 3.38. The van der Waals surface area contributed by atoms with Crippen LogP contribution in [-0.2, 0) is 9.53 Å². The fraction of sp³-hybridized carbons (Fsp3) is 0.444. The van der Waals surface area contributed by atoms with E-state index in [0.717, 1.165) is 6.08 Å². The van der Waals surface area contributed by atoms with Gasteiger partial charge < -0.3 is 4.74 Å². The molecule has 0 aromatic heterocycles. The first-order valence-corrected chi connectivity index (χ1v) is 3.38. The van der Waals surface area contributed by atoms with E-state index in [-0.39, 0.29) is 0 Å². The number of carbonyl (C=O) groups is 1. The molecule has 0 fully saturated rings. The van der Waals surface area contributed by atoms with E-state index in [4.69, 9.17) is 0 Å². The van der Waals surface area contributed by atoms with E-state index in [1.807, 2.05) is 6.92 Å². The highest BCUT2D eigenvalue weighted by molar-refractivity contribution is 5.80. The molecule has 0 unspecified atom stereocenters. The number of carbonyl (C=O) groups excluding carboxylic acids is 1. The van der Waals surface area contributed by atoms with Crippen LogP contribution in [0.25, 0.3) is 0 Å². The summed E-state index contributed by atoms with van der Waals surface area (Å²) in [5.74, 6) is -0.394. The van der Waals surface area contributed by atoms with Crippen molar-refractivity contribution in [2.45, 2.75) is 20.8 Å². The third-order valence-electron chi connectivity index (χ3n) is 0.945. The molecule has 64 valence electrons. The largest absolute Gasteiger partial charge is 0.466 e. The Morgan fingerprint density at radius 3 is 1.82 bits per heavy atom. The molecule has 0 N–H and O–H groups in total. The maximum Gasteiger partial charge on any atom is 0.329 e. The molecule has 0 aliphatic heterocycles. The normalized spacial score (nSPS) is 6.91. The number of rotatable bonds is 1. The maximum absolute atomic E-state index is 9.84. The summed E-state index contributed by atoms with van der Waals surface area (Å²) in [6.45, 7) is 9.36. The minimum absolute atomic E-state index is 0.394. The molecule has 0 heterocycles. The van der Waals surface area contributed by atoms with Crippen LogP contribution in [0.5, 0.6) is 0 Å². The Bertz CT molecular complexity index is 142. The van der Waals surface area contributed by atoms with Crippen molar-refractivity contribution in [2.24, 2.45) is 0 Å². The Kier molecular flexibility index (Phi) is 10.3. The third-order valence-corrected chi connectivity index (χ3v) is 0.945. The van der Waals surface area contributed by atoms with Crippen LogP contribution in [0.1, 0.15) is 20.8 Å². The minimum atomic E-state index is -0.394. The molecule has 2 nitrogen and oxygen atoms in total. The lowest BCUT2D eigenvalue weighted by atomic mass is 10.3. The lowest BCUT2D eigenvalue weighted by Gasteiger charge is -1.83. The van der Waals surface area contributed by atoms with Crippen LogP contribution >= 0.6 is 0 Å². The van der Waals surface area contributed by atoms with Crippen molar-refractivity contribution in [3.8, 4) is 0 Å². The van der Waals surface area contributed by atoms with Crippen LogP contribution < -0.4 is 0 Å². The van der Waals surface area contributed by atoms with Gasteiger partial charge in [0.15, 0.2) is 0 Å². The number of allylic oxidation sites excluding steroid dienone is 2. The molecule has 0 saturated carbocycles. The van der Waals surface area contributed by atoms with Crippen molar-refractivity contribution in [1.82, 2.24) is 0 Å². The molecule has 0 aromatic carbocycles. The van der Waals surface area contributed by atoms with Gasteiger partial charge in [-0.1, -0.05) is 18.2 Å². The highest BCUT2D eigenvalue weighted by Crippen LogP contribution is 1.82. The van der Waals surface area contributed by atoms with Gasteiger partial charge >= 0.3 is 5.97 Å². The van der Waals surface area contributed by atoms with Crippen molar-refractivity contribution < 1.29 is 9.53 Å². The molecule has 0 amide bonds. The summed E-state index contributed by atoms with van der Waals surface area (Å²) >= 11 is 0. The van der Waals surface area contributed by atoms with Crippen LogP contribution in [0.3, 0.4) is 0 Å². The lowest BCUT2D eigenvalue weighted by Crippen LogP contribution is -1.91. The van der Waals surface area contributed by atoms with Crippen molar-refractivity contribution in [1.29, 1.82) is 0 Å². The Balaban J connectivity index is 0. The van der Waals surface area contributed by atoms with E-state index < -0.39 is 5.97 Å². The van der Waals surface area contributed by atoms with Crippen LogP contribution in [0.2, 0.25) is 0 Å². The SMILES string of the molecule is C=CC(=O)OC.CC=C(C)C. The lowest BCUT2D eigenvalue weighted by molar-refractivity contribution is -0.134. The standard InChI is InChI=1S/C5H10.C4H6O2/c1-4-5(2)3;1-3-4(5)6-2/h4H,1-3H3;3H,1H2,2H3. The Labute approximate surface area is 68.6 Å². The molecular weight excluding hydrogens is 140 g/mol. The highest BCUT2D eigenvalue weighted by atomic mass is 16.5. The third kappa shape index (κ3) is 17.6. The molecule has 0 rings (SSSR count). The van der Waals surface area contributed by atoms with Crippen LogP contribution in [-0.4, -0.2) is 13.1 Å². The zero-order chi connectivity index (χ0) is 9.28. The summed E-state index contributed by atoms with van der Waals surface area (Å²) in [5, 5.41) is 0. The zero-order valence-electron chi connectivity index (χ0n) is 7.68. The molecule has 0 radical (unpaired) electrons. The Morgan fingerprint density at radius 1 is 1.45 bits per heavy atom. The van der Waals surface area contributed by atoms with Crippen molar-refractivity contribution in [2.75, 3.05) is 7.11 Å². The number of ether oxygens (including phenoxy) is 1. The maximum atomic E-state index is 9.84. The molecule has 0 aromatic rings. The molecule has 11 heavy (non-hydrogen) atoms. The Hall–Kier alpha value is -1.05. The zero-order valence-corrected chi connectivity index (χ0v) is 7.68. The van der Waals surface area contributed by atoms with Gasteiger partial charge in [0.05, 0.1) is 7.11 Å². The monoisotopic (exact) mass is 156 g/mol. The fourth-order valence-corrected chi connectivity index (χ4v) is 0.0833. The summed E-state index contributed by atoms with van der Waals surface area (Å²) in [5.41, 5.74) is 1.38. The molecule has 0 spiro atoms. The van der Waals surface area contributed by atoms with E-state index >= 15 is 0 Å². The van der Waals surface area contributed by atoms with E-state index in [1.54, 1.807) is 0 Å². The second-order valence-electron chi connectivity index (χ2n) is 2.09. The average molecular weight is 156 g/mol. The van der Waals surface area contributed by atoms with Crippen molar-refractivity contribution >= 4 is 5.97 Å². The van der Waals surface area contributed by atoms with Crippen LogP contribution in [0.15, 0.2) is 24.3 Å². The number of esters is 1. The van der Waals surface area contributed by atoms with Crippen LogP contribution in [0.4, 0.5) is 0 Å². The van der Waals surface area contributed by atoms with E-state index in [0.29, 0.717) is 0 Å². The Morgan fingerprint density at radius 2 is 1.82 bits per heavy atom. The molecule has 0 aliphatic carbocycles. The smallest absolute Gasteiger partial charge is 0.329 e. The first-order chi connectivity index (χ1) is 5.08. The van der Waals surface area contributed by atoms with Gasteiger partial charge in [0.2, 0.25) is 0 Å². The predicted molar refractivity (Wildman–Crippen MR) is 47.3 cm³/mol. The molecular formula is C9H16O2. The predicted octanol–water partition coefficient (Wildman–Crippen LogP) is 2.32. The molecule has 0 aliphatic rings. The summed E-state index contributed by atoms with van der Waals surface area (Å²) in [7, 11) is 1.31. The summed E-state index contributed by atoms with van der Waals surface area (Å²) in [6.07, 6.45) is 3.19. The van der Waals surface area contributed by atoms with E-state index in [1.165, 1.54) is 12.7 Å². The average Bonchev–Trinajstić information content (AvgIpc) is 2.04. The van der Waals surface area contributed by atoms with Gasteiger partial charge in [0, 0.05) is 6.08 Å². The van der Waals surface area contributed by atoms with Gasteiger partial charge in [-0.3, -0.25) is 0 Å². The quantitative estimate of drug-likeness (QED) is 0.331. The molecule has 0 bridgehead atoms. The summed E-state index contributed by atoms with van der Waals surface area (Å²) in [6, 6.07) is 0.